The van der Waals surface area contributed by atoms with Gasteiger partial charge in [-0.25, -0.2) is 0 Å². The predicted molar refractivity (Wildman–Crippen MR) is 83.4 cm³/mol. The fourth-order valence-corrected chi connectivity index (χ4v) is 3.12. The van der Waals surface area contributed by atoms with Gasteiger partial charge in [-0.1, -0.05) is 0 Å². The van der Waals surface area contributed by atoms with E-state index in [1.54, 1.807) is 0 Å². The van der Waals surface area contributed by atoms with Crippen LogP contribution in [0.15, 0.2) is 18.2 Å². The highest BCUT2D eigenvalue weighted by Crippen LogP contribution is 2.28. The molecule has 0 radical (unpaired) electrons. The van der Waals surface area contributed by atoms with Crippen LogP contribution in [0.4, 0.5) is 11.4 Å². The minimum absolute atomic E-state index is 0.0650. The van der Waals surface area contributed by atoms with E-state index in [2.05, 4.69) is 10.2 Å². The molecule has 0 saturated carbocycles. The van der Waals surface area contributed by atoms with Gasteiger partial charge in [0.2, 0.25) is 5.91 Å². The maximum absolute atomic E-state index is 12.1. The Hall–Kier alpha value is -1.75. The van der Waals surface area contributed by atoms with Crippen LogP contribution in [0.5, 0.6) is 0 Å². The van der Waals surface area contributed by atoms with Crippen molar-refractivity contribution in [2.24, 2.45) is 0 Å². The molecule has 21 heavy (non-hydrogen) atoms. The Labute approximate surface area is 125 Å². The Kier molecular flexibility index (Phi) is 4.29. The van der Waals surface area contributed by atoms with Gasteiger partial charge in [0.15, 0.2) is 0 Å². The smallest absolute Gasteiger partial charge is 0.239 e. The van der Waals surface area contributed by atoms with E-state index in [9.17, 15) is 4.79 Å². The second-order valence-electron chi connectivity index (χ2n) is 5.85. The monoisotopic (exact) mass is 289 g/mol. The van der Waals surface area contributed by atoms with Crippen LogP contribution in [0.2, 0.25) is 0 Å². The molecule has 2 heterocycles. The fraction of sp³-hybridized carbons (Fsp3) is 0.562. The molecule has 2 aliphatic rings. The Balaban J connectivity index is 1.56. The molecule has 3 N–H and O–H groups in total. The molecule has 114 valence electrons. The van der Waals surface area contributed by atoms with Gasteiger partial charge in [-0.05, 0) is 49.4 Å². The zero-order chi connectivity index (χ0) is 14.7. The molecule has 1 amide bonds. The van der Waals surface area contributed by atoms with Crippen LogP contribution < -0.4 is 16.0 Å². The largest absolute Gasteiger partial charge is 0.399 e. The van der Waals surface area contributed by atoms with Crippen molar-refractivity contribution in [2.75, 3.05) is 36.9 Å². The number of nitrogens with zero attached hydrogens (tertiary/aromatic N) is 1. The van der Waals surface area contributed by atoms with Crippen LogP contribution in [0, 0.1) is 0 Å². The normalized spacial score (nSPS) is 21.1. The molecular formula is C16H23N3O2. The highest BCUT2D eigenvalue weighted by atomic mass is 16.5. The fourth-order valence-electron chi connectivity index (χ4n) is 3.12. The van der Waals surface area contributed by atoms with Crippen molar-refractivity contribution in [3.63, 3.8) is 0 Å². The first-order valence-corrected chi connectivity index (χ1v) is 7.74. The molecule has 0 spiro atoms. The molecule has 0 aromatic heterocycles. The van der Waals surface area contributed by atoms with Crippen LogP contribution in [0.1, 0.15) is 24.8 Å². The second-order valence-corrected chi connectivity index (χ2v) is 5.85. The highest BCUT2D eigenvalue weighted by Gasteiger charge is 2.20. The van der Waals surface area contributed by atoms with E-state index in [1.165, 1.54) is 5.56 Å². The number of nitrogens with two attached hydrogens (primary N) is 1. The zero-order valence-electron chi connectivity index (χ0n) is 12.3. The Morgan fingerprint density at radius 1 is 1.43 bits per heavy atom. The number of amides is 1. The van der Waals surface area contributed by atoms with Crippen molar-refractivity contribution in [2.45, 2.75) is 31.8 Å². The maximum atomic E-state index is 12.1. The molecule has 0 aliphatic carbocycles. The number of rotatable bonds is 4. The number of fused-ring (bicyclic) bond motifs is 1. The Bertz CT molecular complexity index is 512. The van der Waals surface area contributed by atoms with Gasteiger partial charge < -0.3 is 20.7 Å². The number of hydrogen-bond acceptors (Lipinski definition) is 4. The van der Waals surface area contributed by atoms with Crippen LogP contribution in [-0.4, -0.2) is 38.3 Å². The van der Waals surface area contributed by atoms with E-state index >= 15 is 0 Å². The van der Waals surface area contributed by atoms with Crippen molar-refractivity contribution in [1.82, 2.24) is 5.32 Å². The number of benzene rings is 1. The lowest BCUT2D eigenvalue weighted by atomic mass is 10.0. The SMILES string of the molecule is Nc1ccc2c(c1)CCCN2CC(=O)NCC1CCCO1. The Morgan fingerprint density at radius 3 is 3.14 bits per heavy atom. The van der Waals surface area contributed by atoms with Gasteiger partial charge in [-0.2, -0.15) is 0 Å². The van der Waals surface area contributed by atoms with Crippen LogP contribution in [-0.2, 0) is 16.0 Å². The third-order valence-electron chi connectivity index (χ3n) is 4.20. The van der Waals surface area contributed by atoms with E-state index in [0.29, 0.717) is 13.1 Å². The summed E-state index contributed by atoms with van der Waals surface area (Å²) < 4.78 is 5.52. The lowest BCUT2D eigenvalue weighted by Gasteiger charge is -2.31. The van der Waals surface area contributed by atoms with Crippen molar-refractivity contribution in [1.29, 1.82) is 0 Å². The van der Waals surface area contributed by atoms with Crippen molar-refractivity contribution < 1.29 is 9.53 Å². The average Bonchev–Trinajstić information content (AvgIpc) is 2.98. The number of nitrogen functional groups attached to an aromatic ring is 1. The molecule has 0 bridgehead atoms. The number of ether oxygens (including phenoxy) is 1. The predicted octanol–water partition coefficient (Wildman–Crippen LogP) is 1.32. The standard InChI is InChI=1S/C16H23N3O2/c17-13-5-6-15-12(9-13)3-1-7-19(15)11-16(20)18-10-14-4-2-8-21-14/h5-6,9,14H,1-4,7-8,10-11,17H2,(H,18,20). The third kappa shape index (κ3) is 3.47. The molecule has 5 nitrogen and oxygen atoms in total. The molecule has 2 aliphatic heterocycles. The number of aryl methyl sites for hydroxylation is 1. The van der Waals surface area contributed by atoms with Gasteiger partial charge in [0, 0.05) is 31.1 Å². The lowest BCUT2D eigenvalue weighted by molar-refractivity contribution is -0.120. The van der Waals surface area contributed by atoms with Gasteiger partial charge in [-0.15, -0.1) is 0 Å². The summed E-state index contributed by atoms with van der Waals surface area (Å²) >= 11 is 0. The molecular weight excluding hydrogens is 266 g/mol. The Morgan fingerprint density at radius 2 is 2.33 bits per heavy atom. The topological polar surface area (TPSA) is 67.6 Å². The molecule has 1 fully saturated rings. The number of carbonyl (C=O) groups is 1. The highest BCUT2D eigenvalue weighted by molar-refractivity contribution is 5.82. The summed E-state index contributed by atoms with van der Waals surface area (Å²) in [7, 11) is 0. The number of hydrogen-bond donors (Lipinski definition) is 2. The molecule has 1 aromatic rings. The van der Waals surface area contributed by atoms with Gasteiger partial charge in [0.1, 0.15) is 0 Å². The quantitative estimate of drug-likeness (QED) is 0.820. The van der Waals surface area contributed by atoms with E-state index in [-0.39, 0.29) is 12.0 Å². The molecule has 1 atom stereocenters. The first-order chi connectivity index (χ1) is 10.2. The van der Waals surface area contributed by atoms with Crippen LogP contribution >= 0.6 is 0 Å². The van der Waals surface area contributed by atoms with E-state index in [4.69, 9.17) is 10.5 Å². The number of carbonyl (C=O) groups excluding carboxylic acids is 1. The number of nitrogens with one attached hydrogen (secondary N) is 1. The summed E-state index contributed by atoms with van der Waals surface area (Å²) in [6.45, 7) is 2.77. The molecule has 1 saturated heterocycles. The molecule has 1 aromatic carbocycles. The molecule has 1 unspecified atom stereocenters. The first-order valence-electron chi connectivity index (χ1n) is 7.74. The summed E-state index contributed by atoms with van der Waals surface area (Å²) in [4.78, 5) is 14.3. The molecule has 5 heteroatoms. The summed E-state index contributed by atoms with van der Waals surface area (Å²) in [5.74, 6) is 0.0650. The van der Waals surface area contributed by atoms with Gasteiger partial charge >= 0.3 is 0 Å². The lowest BCUT2D eigenvalue weighted by Crippen LogP contribution is -2.42. The summed E-state index contributed by atoms with van der Waals surface area (Å²) in [6, 6.07) is 5.95. The van der Waals surface area contributed by atoms with Crippen molar-refractivity contribution in [3.05, 3.63) is 23.8 Å². The van der Waals surface area contributed by atoms with Gasteiger partial charge in [-0.3, -0.25) is 4.79 Å². The van der Waals surface area contributed by atoms with Crippen molar-refractivity contribution in [3.8, 4) is 0 Å². The van der Waals surface area contributed by atoms with E-state index in [0.717, 1.165) is 50.2 Å². The zero-order valence-corrected chi connectivity index (χ0v) is 12.3. The van der Waals surface area contributed by atoms with Crippen LogP contribution in [0.25, 0.3) is 0 Å². The summed E-state index contributed by atoms with van der Waals surface area (Å²) in [6.07, 6.45) is 4.44. The van der Waals surface area contributed by atoms with E-state index < -0.39 is 0 Å². The maximum Gasteiger partial charge on any atom is 0.239 e. The van der Waals surface area contributed by atoms with Gasteiger partial charge in [0.05, 0.1) is 12.6 Å². The first kappa shape index (κ1) is 14.2. The third-order valence-corrected chi connectivity index (χ3v) is 4.20. The minimum atomic E-state index is 0.0650. The van der Waals surface area contributed by atoms with Crippen molar-refractivity contribution >= 4 is 17.3 Å². The van der Waals surface area contributed by atoms with E-state index in [1.807, 2.05) is 18.2 Å². The minimum Gasteiger partial charge on any atom is -0.399 e. The average molecular weight is 289 g/mol. The summed E-state index contributed by atoms with van der Waals surface area (Å²) in [5.41, 5.74) is 9.01. The van der Waals surface area contributed by atoms with Crippen LogP contribution in [0.3, 0.4) is 0 Å². The molecule has 3 rings (SSSR count). The summed E-state index contributed by atoms with van der Waals surface area (Å²) in [5, 5.41) is 2.98. The second kappa shape index (κ2) is 6.35. The number of anilines is 2. The van der Waals surface area contributed by atoms with Gasteiger partial charge in [0.25, 0.3) is 0 Å².